The lowest BCUT2D eigenvalue weighted by Gasteiger charge is -2.16. The molecule has 0 saturated carbocycles. The Hall–Kier alpha value is -3.43. The lowest BCUT2D eigenvalue weighted by atomic mass is 10.0. The summed E-state index contributed by atoms with van der Waals surface area (Å²) in [6, 6.07) is 14.0. The number of para-hydroxylation sites is 1. The number of alkyl halides is 3. The van der Waals surface area contributed by atoms with E-state index in [2.05, 4.69) is 20.1 Å². The second-order valence-corrected chi connectivity index (χ2v) is 7.67. The summed E-state index contributed by atoms with van der Waals surface area (Å²) in [6.45, 7) is 0.162. The van der Waals surface area contributed by atoms with Crippen molar-refractivity contribution in [2.75, 3.05) is 12.4 Å². The number of benzene rings is 3. The third-order valence-corrected chi connectivity index (χ3v) is 5.11. The molecule has 3 aromatic rings. The predicted octanol–water partition coefficient (Wildman–Crippen LogP) is 6.67. The molecule has 3 rings (SSSR count). The average Bonchev–Trinajstić information content (AvgIpc) is 2.77. The second kappa shape index (κ2) is 10.7. The van der Waals surface area contributed by atoms with E-state index in [1.807, 2.05) is 0 Å². The first-order chi connectivity index (χ1) is 16.1. The summed E-state index contributed by atoms with van der Waals surface area (Å²) in [5, 5.41) is 5.22. The van der Waals surface area contributed by atoms with Crippen LogP contribution < -0.4 is 15.4 Å². The Morgan fingerprint density at radius 1 is 0.971 bits per heavy atom. The van der Waals surface area contributed by atoms with E-state index < -0.39 is 24.1 Å². The average molecular weight is 513 g/mol. The van der Waals surface area contributed by atoms with Gasteiger partial charge in [0.25, 0.3) is 0 Å². The molecule has 0 saturated heterocycles. The Balaban J connectivity index is 1.71. The van der Waals surface area contributed by atoms with Crippen LogP contribution in [0.5, 0.6) is 5.75 Å². The summed E-state index contributed by atoms with van der Waals surface area (Å²) in [6.07, 6.45) is -4.89. The van der Waals surface area contributed by atoms with Gasteiger partial charge in [-0.15, -0.1) is 13.2 Å². The van der Waals surface area contributed by atoms with E-state index >= 15 is 0 Å². The van der Waals surface area contributed by atoms with Gasteiger partial charge in [-0.3, -0.25) is 0 Å². The molecule has 0 aliphatic heterocycles. The minimum atomic E-state index is -4.89. The number of ether oxygens (including phenoxy) is 2. The van der Waals surface area contributed by atoms with E-state index in [1.54, 1.807) is 24.3 Å². The van der Waals surface area contributed by atoms with Gasteiger partial charge in [0.1, 0.15) is 5.75 Å². The zero-order valence-corrected chi connectivity index (χ0v) is 19.0. The summed E-state index contributed by atoms with van der Waals surface area (Å²) >= 11 is 12.6. The second-order valence-electron chi connectivity index (χ2n) is 6.86. The third kappa shape index (κ3) is 6.55. The molecule has 0 aliphatic carbocycles. The van der Waals surface area contributed by atoms with Crippen LogP contribution in [-0.4, -0.2) is 25.5 Å². The Morgan fingerprint density at radius 2 is 1.59 bits per heavy atom. The highest BCUT2D eigenvalue weighted by atomic mass is 35.5. The molecule has 3 aromatic carbocycles. The number of anilines is 1. The van der Waals surface area contributed by atoms with Crippen molar-refractivity contribution in [1.29, 1.82) is 0 Å². The van der Waals surface area contributed by atoms with E-state index in [0.717, 1.165) is 11.6 Å². The molecule has 0 aromatic heterocycles. The van der Waals surface area contributed by atoms with Crippen molar-refractivity contribution in [3.05, 3.63) is 81.8 Å². The Kier molecular flexibility index (Phi) is 7.90. The minimum absolute atomic E-state index is 0.0134. The lowest BCUT2D eigenvalue weighted by Crippen LogP contribution is -2.28. The van der Waals surface area contributed by atoms with Crippen LogP contribution >= 0.6 is 23.2 Å². The Morgan fingerprint density at radius 3 is 2.18 bits per heavy atom. The maximum absolute atomic E-state index is 12.7. The normalized spacial score (nSPS) is 11.0. The summed E-state index contributed by atoms with van der Waals surface area (Å²) in [4.78, 5) is 23.7. The fourth-order valence-corrected chi connectivity index (χ4v) is 3.71. The Labute approximate surface area is 202 Å². The monoisotopic (exact) mass is 512 g/mol. The molecular formula is C23H17Cl2F3N2O4. The number of esters is 1. The number of hydrogen-bond acceptors (Lipinski definition) is 4. The molecule has 2 amide bonds. The van der Waals surface area contributed by atoms with Crippen LogP contribution in [0.1, 0.15) is 15.9 Å². The first-order valence-electron chi connectivity index (χ1n) is 9.63. The standard InChI is InChI=1S/C23H17Cl2F3N2O4/c1-33-21(31)14-8-6-13(7-9-14)12-29-22(32)30-15-10-17(24)20(18(25)11-15)16-4-2-3-5-19(16)34-23(26,27)28/h2-11H,12H2,1H3,(H2,29,30,32). The van der Waals surface area contributed by atoms with E-state index in [4.69, 9.17) is 23.2 Å². The summed E-state index contributed by atoms with van der Waals surface area (Å²) in [5.41, 5.74) is 1.50. The minimum Gasteiger partial charge on any atom is -0.465 e. The van der Waals surface area contributed by atoms with Gasteiger partial charge < -0.3 is 20.1 Å². The Bertz CT molecular complexity index is 1180. The van der Waals surface area contributed by atoms with Gasteiger partial charge in [0.15, 0.2) is 0 Å². The number of urea groups is 1. The van der Waals surface area contributed by atoms with Gasteiger partial charge in [0.2, 0.25) is 0 Å². The van der Waals surface area contributed by atoms with Crippen LogP contribution in [0.3, 0.4) is 0 Å². The number of carbonyl (C=O) groups is 2. The fraction of sp³-hybridized carbons (Fsp3) is 0.130. The van der Waals surface area contributed by atoms with E-state index in [-0.39, 0.29) is 33.4 Å². The highest BCUT2D eigenvalue weighted by Gasteiger charge is 2.32. The number of methoxy groups -OCH3 is 1. The van der Waals surface area contributed by atoms with Crippen molar-refractivity contribution < 1.29 is 32.2 Å². The van der Waals surface area contributed by atoms with Crippen molar-refractivity contribution in [2.24, 2.45) is 0 Å². The molecule has 0 heterocycles. The summed E-state index contributed by atoms with van der Waals surface area (Å²) in [5.74, 6) is -0.933. The number of carbonyl (C=O) groups excluding carboxylic acids is 2. The fourth-order valence-electron chi connectivity index (χ4n) is 3.02. The van der Waals surface area contributed by atoms with E-state index in [0.29, 0.717) is 5.56 Å². The zero-order valence-electron chi connectivity index (χ0n) is 17.5. The van der Waals surface area contributed by atoms with Crippen molar-refractivity contribution in [1.82, 2.24) is 5.32 Å². The lowest BCUT2D eigenvalue weighted by molar-refractivity contribution is -0.274. The van der Waals surface area contributed by atoms with Crippen LogP contribution in [0, 0.1) is 0 Å². The zero-order chi connectivity index (χ0) is 24.9. The van der Waals surface area contributed by atoms with Crippen molar-refractivity contribution >= 4 is 40.9 Å². The number of nitrogens with one attached hydrogen (secondary N) is 2. The van der Waals surface area contributed by atoms with Crippen LogP contribution in [0.2, 0.25) is 10.0 Å². The van der Waals surface area contributed by atoms with Gasteiger partial charge in [-0.1, -0.05) is 53.5 Å². The SMILES string of the molecule is COC(=O)c1ccc(CNC(=O)Nc2cc(Cl)c(-c3ccccc3OC(F)(F)F)c(Cl)c2)cc1. The molecule has 0 aliphatic rings. The number of hydrogen-bond donors (Lipinski definition) is 2. The summed E-state index contributed by atoms with van der Waals surface area (Å²) in [7, 11) is 1.28. The molecule has 0 bridgehead atoms. The molecule has 0 atom stereocenters. The van der Waals surface area contributed by atoms with Crippen LogP contribution in [0.4, 0.5) is 23.7 Å². The quantitative estimate of drug-likeness (QED) is 0.361. The topological polar surface area (TPSA) is 76.7 Å². The molecule has 6 nitrogen and oxygen atoms in total. The van der Waals surface area contributed by atoms with Gasteiger partial charge in [-0.2, -0.15) is 0 Å². The number of rotatable bonds is 6. The summed E-state index contributed by atoms with van der Waals surface area (Å²) < 4.78 is 46.9. The first kappa shape index (κ1) is 25.2. The van der Waals surface area contributed by atoms with E-state index in [9.17, 15) is 22.8 Å². The van der Waals surface area contributed by atoms with Gasteiger partial charge in [-0.05, 0) is 35.9 Å². The number of amides is 2. The first-order valence-corrected chi connectivity index (χ1v) is 10.4. The molecule has 11 heteroatoms. The molecule has 2 N–H and O–H groups in total. The molecule has 178 valence electrons. The van der Waals surface area contributed by atoms with Crippen molar-refractivity contribution in [2.45, 2.75) is 12.9 Å². The van der Waals surface area contributed by atoms with Gasteiger partial charge in [0, 0.05) is 23.4 Å². The van der Waals surface area contributed by atoms with Gasteiger partial charge in [-0.25, -0.2) is 9.59 Å². The van der Waals surface area contributed by atoms with E-state index in [1.165, 1.54) is 37.4 Å². The largest absolute Gasteiger partial charge is 0.573 e. The molecule has 0 fully saturated rings. The molecule has 0 radical (unpaired) electrons. The van der Waals surface area contributed by atoms with Crippen LogP contribution in [-0.2, 0) is 11.3 Å². The highest BCUT2D eigenvalue weighted by Crippen LogP contribution is 2.42. The third-order valence-electron chi connectivity index (χ3n) is 4.51. The van der Waals surface area contributed by atoms with Gasteiger partial charge in [0.05, 0.1) is 22.7 Å². The van der Waals surface area contributed by atoms with Crippen molar-refractivity contribution in [3.8, 4) is 16.9 Å². The van der Waals surface area contributed by atoms with Crippen LogP contribution in [0.15, 0.2) is 60.7 Å². The smallest absolute Gasteiger partial charge is 0.465 e. The molecular weight excluding hydrogens is 496 g/mol. The number of halogens is 5. The molecule has 0 unspecified atom stereocenters. The molecule has 34 heavy (non-hydrogen) atoms. The van der Waals surface area contributed by atoms with Crippen LogP contribution in [0.25, 0.3) is 11.1 Å². The van der Waals surface area contributed by atoms with Crippen molar-refractivity contribution in [3.63, 3.8) is 0 Å². The predicted molar refractivity (Wildman–Crippen MR) is 122 cm³/mol. The highest BCUT2D eigenvalue weighted by molar-refractivity contribution is 6.40. The molecule has 0 spiro atoms. The van der Waals surface area contributed by atoms with Gasteiger partial charge >= 0.3 is 18.4 Å². The maximum atomic E-state index is 12.7. The maximum Gasteiger partial charge on any atom is 0.573 e.